The number of fused-ring (bicyclic) bond motifs is 2. The van der Waals surface area contributed by atoms with Crippen molar-refractivity contribution in [1.82, 2.24) is 20.2 Å². The van der Waals surface area contributed by atoms with E-state index < -0.39 is 11.6 Å². The molecule has 0 saturated carbocycles. The Balaban J connectivity index is 1.14. The van der Waals surface area contributed by atoms with Gasteiger partial charge in [-0.2, -0.15) is 0 Å². The van der Waals surface area contributed by atoms with E-state index in [2.05, 4.69) is 25.5 Å². The van der Waals surface area contributed by atoms with Crippen molar-refractivity contribution in [3.8, 4) is 5.75 Å². The van der Waals surface area contributed by atoms with Crippen molar-refractivity contribution in [2.45, 2.75) is 24.3 Å². The van der Waals surface area contributed by atoms with Crippen LogP contribution in [0.4, 0.5) is 14.6 Å². The smallest absolute Gasteiger partial charge is 0.235 e. The Kier molecular flexibility index (Phi) is 7.12. The highest BCUT2D eigenvalue weighted by Crippen LogP contribution is 2.30. The highest BCUT2D eigenvalue weighted by Gasteiger charge is 2.23. The van der Waals surface area contributed by atoms with E-state index in [4.69, 9.17) is 4.74 Å². The van der Waals surface area contributed by atoms with Crippen LogP contribution in [0.25, 0.3) is 10.9 Å². The standard InChI is InChI=1S/C25H27F2N5O2S/c1-34-17-8-19-18(21(27)12-29-24(19)20(26)9-17)5-7-32-6-4-15(13-32)10-28-11-16-2-3-22-25(30-16)31-23(33)14-35-22/h2-3,8-9,12,15,28H,4-7,10-11,13-14H2,1H3,(H,30,31,33)/t15-/m1/s1. The molecule has 1 aromatic carbocycles. The Hall–Kier alpha value is -2.82. The van der Waals surface area contributed by atoms with Crippen LogP contribution in [-0.4, -0.2) is 59.8 Å². The first-order valence-electron chi connectivity index (χ1n) is 11.7. The zero-order chi connectivity index (χ0) is 24.4. The molecule has 2 N–H and O–H groups in total. The van der Waals surface area contributed by atoms with Gasteiger partial charge in [0.2, 0.25) is 5.91 Å². The number of methoxy groups -OCH3 is 1. The maximum absolute atomic E-state index is 14.6. The minimum absolute atomic E-state index is 0.0185. The van der Waals surface area contributed by atoms with E-state index in [9.17, 15) is 13.6 Å². The fraction of sp³-hybridized carbons (Fsp3) is 0.400. The van der Waals surface area contributed by atoms with Gasteiger partial charge in [0.05, 0.1) is 29.6 Å². The highest BCUT2D eigenvalue weighted by atomic mass is 32.2. The zero-order valence-electron chi connectivity index (χ0n) is 19.4. The van der Waals surface area contributed by atoms with E-state index >= 15 is 0 Å². The van der Waals surface area contributed by atoms with Crippen molar-refractivity contribution in [3.05, 3.63) is 53.4 Å². The van der Waals surface area contributed by atoms with E-state index in [1.54, 1.807) is 6.07 Å². The Morgan fingerprint density at radius 1 is 1.29 bits per heavy atom. The first-order chi connectivity index (χ1) is 17.0. The van der Waals surface area contributed by atoms with Crippen LogP contribution in [0.15, 0.2) is 35.4 Å². The SMILES string of the molecule is COc1cc(F)c2ncc(F)c(CCN3CC[C@H](CNCc4ccc5c(n4)NC(=O)CS5)C3)c2c1. The molecule has 4 heterocycles. The van der Waals surface area contributed by atoms with Crippen molar-refractivity contribution in [2.24, 2.45) is 5.92 Å². The number of thioether (sulfide) groups is 1. The number of nitrogens with one attached hydrogen (secondary N) is 2. The van der Waals surface area contributed by atoms with Crippen LogP contribution in [0.3, 0.4) is 0 Å². The lowest BCUT2D eigenvalue weighted by Crippen LogP contribution is -2.28. The number of carbonyl (C=O) groups excluding carboxylic acids is 1. The molecule has 0 spiro atoms. The molecule has 1 amide bonds. The van der Waals surface area contributed by atoms with Gasteiger partial charge in [-0.15, -0.1) is 11.8 Å². The van der Waals surface area contributed by atoms with E-state index in [0.717, 1.165) is 42.8 Å². The maximum Gasteiger partial charge on any atom is 0.235 e. The second-order valence-corrected chi connectivity index (χ2v) is 9.93. The van der Waals surface area contributed by atoms with Crippen molar-refractivity contribution < 1.29 is 18.3 Å². The Bertz CT molecular complexity index is 1260. The Morgan fingerprint density at radius 2 is 2.17 bits per heavy atom. The summed E-state index contributed by atoms with van der Waals surface area (Å²) in [5.74, 6) is 0.961. The number of halogens is 2. The lowest BCUT2D eigenvalue weighted by atomic mass is 10.0. The van der Waals surface area contributed by atoms with Gasteiger partial charge < -0.3 is 20.3 Å². The molecular formula is C25H27F2N5O2S. The van der Waals surface area contributed by atoms with Crippen LogP contribution in [0.5, 0.6) is 5.75 Å². The summed E-state index contributed by atoms with van der Waals surface area (Å²) >= 11 is 1.50. The zero-order valence-corrected chi connectivity index (χ0v) is 20.3. The van der Waals surface area contributed by atoms with Crippen molar-refractivity contribution >= 4 is 34.4 Å². The number of anilines is 1. The first-order valence-corrected chi connectivity index (χ1v) is 12.6. The van der Waals surface area contributed by atoms with E-state index in [1.165, 1.54) is 24.9 Å². The van der Waals surface area contributed by atoms with Gasteiger partial charge in [-0.1, -0.05) is 0 Å². The molecule has 7 nitrogen and oxygen atoms in total. The molecule has 1 atom stereocenters. The third-order valence-corrected chi connectivity index (χ3v) is 7.56. The second-order valence-electron chi connectivity index (χ2n) is 8.91. The van der Waals surface area contributed by atoms with Gasteiger partial charge in [-0.25, -0.2) is 13.8 Å². The van der Waals surface area contributed by atoms with Gasteiger partial charge in [-0.05, 0) is 50.0 Å². The van der Waals surface area contributed by atoms with E-state index in [1.807, 2.05) is 12.1 Å². The minimum Gasteiger partial charge on any atom is -0.497 e. The molecule has 3 aromatic rings. The number of hydrogen-bond acceptors (Lipinski definition) is 7. The number of amides is 1. The molecular weight excluding hydrogens is 472 g/mol. The summed E-state index contributed by atoms with van der Waals surface area (Å²) in [7, 11) is 1.46. The molecule has 5 rings (SSSR count). The topological polar surface area (TPSA) is 79.4 Å². The molecule has 1 fully saturated rings. The number of aromatic nitrogens is 2. The Labute approximate surface area is 206 Å². The van der Waals surface area contributed by atoms with Crippen molar-refractivity contribution in [1.29, 1.82) is 0 Å². The summed E-state index contributed by atoms with van der Waals surface area (Å²) in [6, 6.07) is 6.91. The monoisotopic (exact) mass is 499 g/mol. The summed E-state index contributed by atoms with van der Waals surface area (Å²) < 4.78 is 34.1. The number of nitrogens with zero attached hydrogens (tertiary/aromatic N) is 3. The summed E-state index contributed by atoms with van der Waals surface area (Å²) in [5.41, 5.74) is 1.53. The summed E-state index contributed by atoms with van der Waals surface area (Å²) in [6.45, 7) is 4.03. The van der Waals surface area contributed by atoms with Crippen LogP contribution < -0.4 is 15.4 Å². The summed E-state index contributed by atoms with van der Waals surface area (Å²) in [5, 5.41) is 6.77. The number of pyridine rings is 2. The quantitative estimate of drug-likeness (QED) is 0.490. The van der Waals surface area contributed by atoms with E-state index in [-0.39, 0.29) is 11.4 Å². The van der Waals surface area contributed by atoms with Crippen LogP contribution in [0.2, 0.25) is 0 Å². The number of rotatable bonds is 8. The Morgan fingerprint density at radius 3 is 3.03 bits per heavy atom. The van der Waals surface area contributed by atoms with Gasteiger partial charge in [0, 0.05) is 36.7 Å². The molecule has 184 valence electrons. The molecule has 1 saturated heterocycles. The second kappa shape index (κ2) is 10.4. The van der Waals surface area contributed by atoms with Gasteiger partial charge in [0.1, 0.15) is 22.9 Å². The lowest BCUT2D eigenvalue weighted by molar-refractivity contribution is -0.113. The largest absolute Gasteiger partial charge is 0.497 e. The minimum atomic E-state index is -0.512. The normalized spacial score (nSPS) is 18.0. The van der Waals surface area contributed by atoms with Crippen LogP contribution >= 0.6 is 11.8 Å². The molecule has 0 bridgehead atoms. The number of likely N-dealkylation sites (tertiary alicyclic amines) is 1. The van der Waals surface area contributed by atoms with Crippen LogP contribution in [-0.2, 0) is 17.8 Å². The van der Waals surface area contributed by atoms with Gasteiger partial charge in [0.15, 0.2) is 5.82 Å². The molecule has 10 heteroatoms. The molecule has 0 radical (unpaired) electrons. The number of benzene rings is 1. The van der Waals surface area contributed by atoms with Crippen molar-refractivity contribution in [3.63, 3.8) is 0 Å². The molecule has 2 aliphatic heterocycles. The molecule has 35 heavy (non-hydrogen) atoms. The van der Waals surface area contributed by atoms with Gasteiger partial charge >= 0.3 is 0 Å². The summed E-state index contributed by atoms with van der Waals surface area (Å²) in [4.78, 5) is 23.4. The lowest BCUT2D eigenvalue weighted by Gasteiger charge is -2.18. The first kappa shape index (κ1) is 23.9. The molecule has 2 aliphatic rings. The molecule has 0 unspecified atom stereocenters. The van der Waals surface area contributed by atoms with Gasteiger partial charge in [-0.3, -0.25) is 9.78 Å². The fourth-order valence-electron chi connectivity index (χ4n) is 4.69. The third-order valence-electron chi connectivity index (χ3n) is 6.51. The molecule has 0 aliphatic carbocycles. The highest BCUT2D eigenvalue weighted by molar-refractivity contribution is 8.00. The van der Waals surface area contributed by atoms with Crippen LogP contribution in [0, 0.1) is 17.6 Å². The third kappa shape index (κ3) is 5.39. The number of ether oxygens (including phenoxy) is 1. The summed E-state index contributed by atoms with van der Waals surface area (Å²) in [6.07, 6.45) is 2.63. The van der Waals surface area contributed by atoms with Crippen molar-refractivity contribution in [2.75, 3.05) is 44.4 Å². The fourth-order valence-corrected chi connectivity index (χ4v) is 5.45. The molecule has 2 aromatic heterocycles. The van der Waals surface area contributed by atoms with E-state index in [0.29, 0.717) is 53.7 Å². The average Bonchev–Trinajstić information content (AvgIpc) is 3.30. The predicted molar refractivity (Wildman–Crippen MR) is 132 cm³/mol. The number of carbonyl (C=O) groups is 1. The predicted octanol–water partition coefficient (Wildman–Crippen LogP) is 3.62. The number of hydrogen-bond donors (Lipinski definition) is 2. The average molecular weight is 500 g/mol. The maximum atomic E-state index is 14.6. The van der Waals surface area contributed by atoms with Crippen LogP contribution in [0.1, 0.15) is 17.7 Å². The van der Waals surface area contributed by atoms with Gasteiger partial charge in [0.25, 0.3) is 0 Å².